The third-order valence-corrected chi connectivity index (χ3v) is 5.49. The topological polar surface area (TPSA) is 44.8 Å². The molecule has 3 aromatic rings. The molecule has 1 heterocycles. The fraction of sp³-hybridized carbons (Fsp3) is 0.261. The van der Waals surface area contributed by atoms with Gasteiger partial charge in [-0.15, -0.1) is 0 Å². The fourth-order valence-electron chi connectivity index (χ4n) is 3.55. The Morgan fingerprint density at radius 3 is 2.59 bits per heavy atom. The van der Waals surface area contributed by atoms with Crippen molar-refractivity contribution in [2.45, 2.75) is 0 Å². The molecule has 0 aromatic heterocycles. The average molecular weight is 410 g/mol. The van der Waals surface area contributed by atoms with Gasteiger partial charge in [0.05, 0.1) is 10.7 Å². The van der Waals surface area contributed by atoms with E-state index in [9.17, 15) is 4.79 Å². The summed E-state index contributed by atoms with van der Waals surface area (Å²) >= 11 is 6.48. The smallest absolute Gasteiger partial charge is 0.262 e. The molecule has 0 aliphatic carbocycles. The highest BCUT2D eigenvalue weighted by atomic mass is 35.5. The number of benzene rings is 3. The van der Waals surface area contributed by atoms with Crippen LogP contribution < -0.4 is 15.0 Å². The van der Waals surface area contributed by atoms with Crippen molar-refractivity contribution in [2.75, 3.05) is 50.1 Å². The normalized spacial score (nSPS) is 14.8. The Labute approximate surface area is 175 Å². The second-order valence-electron chi connectivity index (χ2n) is 7.27. The molecule has 0 spiro atoms. The molecule has 0 unspecified atom stereocenters. The van der Waals surface area contributed by atoms with Crippen LogP contribution in [0, 0.1) is 0 Å². The SMILES string of the molecule is CN1CCN(c2ccc(NC(=O)COc3cccc4ccccc34)cc2Cl)CC1. The lowest BCUT2D eigenvalue weighted by Gasteiger charge is -2.34. The van der Waals surface area contributed by atoms with E-state index < -0.39 is 0 Å². The Bertz CT molecular complexity index is 1010. The number of ether oxygens (including phenoxy) is 1. The lowest BCUT2D eigenvalue weighted by Crippen LogP contribution is -2.44. The number of hydrogen-bond donors (Lipinski definition) is 1. The Kier molecular flexibility index (Phi) is 5.88. The van der Waals surface area contributed by atoms with Gasteiger partial charge in [0.2, 0.25) is 0 Å². The monoisotopic (exact) mass is 409 g/mol. The molecule has 1 N–H and O–H groups in total. The molecule has 1 saturated heterocycles. The molecule has 6 heteroatoms. The second-order valence-corrected chi connectivity index (χ2v) is 7.68. The zero-order valence-corrected chi connectivity index (χ0v) is 17.2. The standard InChI is InChI=1S/C23H24ClN3O2/c1-26-11-13-27(14-12-26)21-10-9-18(15-20(21)24)25-23(28)16-29-22-8-4-6-17-5-2-3-7-19(17)22/h2-10,15H,11-14,16H2,1H3,(H,25,28). The van der Waals surface area contributed by atoms with Crippen LogP contribution in [-0.2, 0) is 4.79 Å². The van der Waals surface area contributed by atoms with Crippen molar-refractivity contribution in [2.24, 2.45) is 0 Å². The summed E-state index contributed by atoms with van der Waals surface area (Å²) in [7, 11) is 2.12. The van der Waals surface area contributed by atoms with E-state index in [-0.39, 0.29) is 12.5 Å². The molecule has 1 aliphatic rings. The molecule has 0 radical (unpaired) electrons. The summed E-state index contributed by atoms with van der Waals surface area (Å²) in [5, 5.41) is 5.57. The van der Waals surface area contributed by atoms with Gasteiger partial charge < -0.3 is 19.9 Å². The molecule has 1 amide bonds. The highest BCUT2D eigenvalue weighted by Crippen LogP contribution is 2.30. The van der Waals surface area contributed by atoms with E-state index >= 15 is 0 Å². The predicted molar refractivity (Wildman–Crippen MR) is 119 cm³/mol. The van der Waals surface area contributed by atoms with Gasteiger partial charge in [0.1, 0.15) is 5.75 Å². The molecular weight excluding hydrogens is 386 g/mol. The maximum Gasteiger partial charge on any atom is 0.262 e. The first kappa shape index (κ1) is 19.6. The van der Waals surface area contributed by atoms with Gasteiger partial charge >= 0.3 is 0 Å². The molecule has 0 atom stereocenters. The van der Waals surface area contributed by atoms with Gasteiger partial charge in [0, 0.05) is 37.3 Å². The van der Waals surface area contributed by atoms with Crippen LogP contribution >= 0.6 is 11.6 Å². The number of hydrogen-bond acceptors (Lipinski definition) is 4. The molecule has 4 rings (SSSR count). The first-order chi connectivity index (χ1) is 14.1. The van der Waals surface area contributed by atoms with Crippen LogP contribution in [0.15, 0.2) is 60.7 Å². The number of halogens is 1. The van der Waals surface area contributed by atoms with E-state index in [1.165, 1.54) is 0 Å². The molecular formula is C23H24ClN3O2. The van der Waals surface area contributed by atoms with Gasteiger partial charge in [-0.1, -0.05) is 48.0 Å². The summed E-state index contributed by atoms with van der Waals surface area (Å²) in [4.78, 5) is 16.9. The van der Waals surface area contributed by atoms with Crippen LogP contribution in [0.25, 0.3) is 10.8 Å². The van der Waals surface area contributed by atoms with Crippen LogP contribution in [0.5, 0.6) is 5.75 Å². The average Bonchev–Trinajstić information content (AvgIpc) is 2.73. The van der Waals surface area contributed by atoms with Crippen LogP contribution in [0.2, 0.25) is 5.02 Å². The summed E-state index contributed by atoms with van der Waals surface area (Å²) in [5.74, 6) is 0.475. The Hall–Kier alpha value is -2.76. The van der Waals surface area contributed by atoms with Crippen molar-refractivity contribution in [1.29, 1.82) is 0 Å². The van der Waals surface area contributed by atoms with E-state index in [0.717, 1.165) is 42.6 Å². The summed E-state index contributed by atoms with van der Waals surface area (Å²) in [6, 6.07) is 19.4. The minimum Gasteiger partial charge on any atom is -0.483 e. The van der Waals surface area contributed by atoms with E-state index in [1.54, 1.807) is 6.07 Å². The predicted octanol–water partition coefficient (Wildman–Crippen LogP) is 4.26. The number of likely N-dealkylation sites (N-methyl/N-ethyl adjacent to an activating group) is 1. The van der Waals surface area contributed by atoms with Gasteiger partial charge in [-0.2, -0.15) is 0 Å². The summed E-state index contributed by atoms with van der Waals surface area (Å²) in [5.41, 5.74) is 1.67. The van der Waals surface area contributed by atoms with Gasteiger partial charge in [-0.25, -0.2) is 0 Å². The van der Waals surface area contributed by atoms with Gasteiger partial charge in [-0.3, -0.25) is 4.79 Å². The zero-order chi connectivity index (χ0) is 20.2. The molecule has 1 aliphatic heterocycles. The number of nitrogens with zero attached hydrogens (tertiary/aromatic N) is 2. The van der Waals surface area contributed by atoms with Crippen LogP contribution in [-0.4, -0.2) is 50.6 Å². The molecule has 150 valence electrons. The molecule has 0 bridgehead atoms. The number of anilines is 2. The van der Waals surface area contributed by atoms with Crippen LogP contribution in [0.1, 0.15) is 0 Å². The van der Waals surface area contributed by atoms with Crippen LogP contribution in [0.4, 0.5) is 11.4 Å². The summed E-state index contributed by atoms with van der Waals surface area (Å²) in [6.45, 7) is 3.86. The fourth-order valence-corrected chi connectivity index (χ4v) is 3.85. The van der Waals surface area contributed by atoms with E-state index in [1.807, 2.05) is 54.6 Å². The molecule has 1 fully saturated rings. The van der Waals surface area contributed by atoms with Crippen molar-refractivity contribution in [3.05, 3.63) is 65.7 Å². The third-order valence-electron chi connectivity index (χ3n) is 5.18. The lowest BCUT2D eigenvalue weighted by molar-refractivity contribution is -0.118. The highest BCUT2D eigenvalue weighted by molar-refractivity contribution is 6.33. The zero-order valence-electron chi connectivity index (χ0n) is 16.4. The largest absolute Gasteiger partial charge is 0.483 e. The number of carbonyl (C=O) groups is 1. The second kappa shape index (κ2) is 8.72. The van der Waals surface area contributed by atoms with Gasteiger partial charge in [0.15, 0.2) is 6.61 Å². The van der Waals surface area contributed by atoms with Crippen molar-refractivity contribution >= 4 is 39.7 Å². The molecule has 29 heavy (non-hydrogen) atoms. The van der Waals surface area contributed by atoms with E-state index in [2.05, 4.69) is 22.2 Å². The quantitative estimate of drug-likeness (QED) is 0.683. The van der Waals surface area contributed by atoms with E-state index in [0.29, 0.717) is 16.5 Å². The van der Waals surface area contributed by atoms with Crippen molar-refractivity contribution in [3.8, 4) is 5.75 Å². The van der Waals surface area contributed by atoms with Crippen molar-refractivity contribution in [3.63, 3.8) is 0 Å². The van der Waals surface area contributed by atoms with Crippen LogP contribution in [0.3, 0.4) is 0 Å². The van der Waals surface area contributed by atoms with Crippen molar-refractivity contribution in [1.82, 2.24) is 4.90 Å². The maximum absolute atomic E-state index is 12.4. The number of amides is 1. The number of fused-ring (bicyclic) bond motifs is 1. The number of piperazine rings is 1. The summed E-state index contributed by atoms with van der Waals surface area (Å²) < 4.78 is 5.75. The number of carbonyl (C=O) groups excluding carboxylic acids is 1. The number of rotatable bonds is 5. The molecule has 5 nitrogen and oxygen atoms in total. The maximum atomic E-state index is 12.4. The third kappa shape index (κ3) is 4.63. The lowest BCUT2D eigenvalue weighted by atomic mass is 10.1. The Balaban J connectivity index is 1.37. The number of nitrogens with one attached hydrogen (secondary N) is 1. The molecule has 3 aromatic carbocycles. The van der Waals surface area contributed by atoms with Gasteiger partial charge in [0.25, 0.3) is 5.91 Å². The Morgan fingerprint density at radius 1 is 1.03 bits per heavy atom. The minimum absolute atomic E-state index is 0.0637. The van der Waals surface area contributed by atoms with Gasteiger partial charge in [-0.05, 0) is 36.7 Å². The van der Waals surface area contributed by atoms with Crippen molar-refractivity contribution < 1.29 is 9.53 Å². The first-order valence-electron chi connectivity index (χ1n) is 9.73. The van der Waals surface area contributed by atoms with E-state index in [4.69, 9.17) is 16.3 Å². The minimum atomic E-state index is -0.221. The summed E-state index contributed by atoms with van der Waals surface area (Å²) in [6.07, 6.45) is 0. The first-order valence-corrected chi connectivity index (χ1v) is 10.1. The highest BCUT2D eigenvalue weighted by Gasteiger charge is 2.17. The Morgan fingerprint density at radius 2 is 1.79 bits per heavy atom. The molecule has 0 saturated carbocycles.